The summed E-state index contributed by atoms with van der Waals surface area (Å²) in [5.41, 5.74) is 5.77. The highest BCUT2D eigenvalue weighted by Crippen LogP contribution is 2.14. The Labute approximate surface area is 108 Å². The number of hydrazine groups is 1. The number of hydrogen-bond acceptors (Lipinski definition) is 3. The van der Waals surface area contributed by atoms with Crippen molar-refractivity contribution in [2.45, 2.75) is 25.8 Å². The first-order chi connectivity index (χ1) is 8.84. The molecule has 0 unspecified atom stereocenters. The van der Waals surface area contributed by atoms with E-state index in [-0.39, 0.29) is 0 Å². The van der Waals surface area contributed by atoms with Crippen LogP contribution >= 0.6 is 0 Å². The van der Waals surface area contributed by atoms with Gasteiger partial charge < -0.3 is 4.57 Å². The Morgan fingerprint density at radius 2 is 1.94 bits per heavy atom. The normalized spacial score (nSPS) is 17.4. The van der Waals surface area contributed by atoms with E-state index >= 15 is 0 Å². The van der Waals surface area contributed by atoms with Crippen molar-refractivity contribution in [2.24, 2.45) is 7.05 Å². The lowest BCUT2D eigenvalue weighted by molar-refractivity contribution is 0.149. The first-order valence-electron chi connectivity index (χ1n) is 6.73. The van der Waals surface area contributed by atoms with Crippen LogP contribution in [0.2, 0.25) is 0 Å². The van der Waals surface area contributed by atoms with Gasteiger partial charge in [0.1, 0.15) is 5.82 Å². The van der Waals surface area contributed by atoms with Gasteiger partial charge in [-0.25, -0.2) is 15.4 Å². The second-order valence-electron chi connectivity index (χ2n) is 4.96. The van der Waals surface area contributed by atoms with Gasteiger partial charge in [-0.2, -0.15) is 0 Å². The molecular formula is C14H20N4. The van der Waals surface area contributed by atoms with Gasteiger partial charge in [0.05, 0.1) is 17.6 Å². The molecule has 96 valence electrons. The van der Waals surface area contributed by atoms with E-state index in [1.165, 1.54) is 24.8 Å². The molecule has 0 radical (unpaired) electrons. The maximum absolute atomic E-state index is 4.67. The standard InChI is InChI=1S/C14H20N4/c1-17-13-8-4-3-7-12(13)16-14(17)11-15-18-9-5-2-6-10-18/h3-4,7-8,15H,2,5-6,9-11H2,1H3. The molecule has 1 aliphatic rings. The van der Waals surface area contributed by atoms with Crippen LogP contribution in [0.1, 0.15) is 25.1 Å². The van der Waals surface area contributed by atoms with Gasteiger partial charge in [0.2, 0.25) is 0 Å². The van der Waals surface area contributed by atoms with Crippen molar-refractivity contribution in [3.63, 3.8) is 0 Å². The van der Waals surface area contributed by atoms with Crippen molar-refractivity contribution in [3.05, 3.63) is 30.1 Å². The summed E-state index contributed by atoms with van der Waals surface area (Å²) in [6, 6.07) is 8.29. The lowest BCUT2D eigenvalue weighted by Crippen LogP contribution is -2.41. The lowest BCUT2D eigenvalue weighted by Gasteiger charge is -2.26. The predicted molar refractivity (Wildman–Crippen MR) is 73.0 cm³/mol. The molecule has 1 aliphatic heterocycles. The van der Waals surface area contributed by atoms with Crippen LogP contribution in [0.25, 0.3) is 11.0 Å². The Morgan fingerprint density at radius 3 is 2.72 bits per heavy atom. The van der Waals surface area contributed by atoms with Gasteiger partial charge in [-0.1, -0.05) is 18.6 Å². The zero-order valence-electron chi connectivity index (χ0n) is 10.9. The van der Waals surface area contributed by atoms with Gasteiger partial charge in [-0.3, -0.25) is 0 Å². The summed E-state index contributed by atoms with van der Waals surface area (Å²) in [5, 5.41) is 2.32. The number of piperidine rings is 1. The molecule has 4 heteroatoms. The number of benzene rings is 1. The summed E-state index contributed by atoms with van der Waals surface area (Å²) in [6.07, 6.45) is 3.97. The molecule has 0 saturated carbocycles. The topological polar surface area (TPSA) is 33.1 Å². The molecule has 1 saturated heterocycles. The average Bonchev–Trinajstić information content (AvgIpc) is 2.75. The minimum absolute atomic E-state index is 0.811. The van der Waals surface area contributed by atoms with Crippen LogP contribution in [0.3, 0.4) is 0 Å². The molecule has 1 fully saturated rings. The summed E-state index contributed by atoms with van der Waals surface area (Å²) in [5.74, 6) is 1.10. The van der Waals surface area contributed by atoms with Crippen LogP contribution in [0.4, 0.5) is 0 Å². The van der Waals surface area contributed by atoms with Crippen LogP contribution in [-0.2, 0) is 13.6 Å². The summed E-state index contributed by atoms with van der Waals surface area (Å²) in [4.78, 5) is 4.67. The third-order valence-electron chi connectivity index (χ3n) is 3.70. The van der Waals surface area contributed by atoms with Gasteiger partial charge in [-0.05, 0) is 25.0 Å². The van der Waals surface area contributed by atoms with Crippen molar-refractivity contribution in [2.75, 3.05) is 13.1 Å². The second-order valence-corrected chi connectivity index (χ2v) is 4.96. The number of nitrogens with one attached hydrogen (secondary N) is 1. The molecule has 1 aromatic heterocycles. The fourth-order valence-corrected chi connectivity index (χ4v) is 2.59. The summed E-state index contributed by atoms with van der Waals surface area (Å²) in [7, 11) is 2.09. The Hall–Kier alpha value is -1.39. The predicted octanol–water partition coefficient (Wildman–Crippen LogP) is 2.06. The fourth-order valence-electron chi connectivity index (χ4n) is 2.59. The number of hydrogen-bond donors (Lipinski definition) is 1. The zero-order valence-corrected chi connectivity index (χ0v) is 10.9. The number of nitrogens with zero attached hydrogens (tertiary/aromatic N) is 3. The van der Waals surface area contributed by atoms with E-state index in [2.05, 4.69) is 45.2 Å². The monoisotopic (exact) mass is 244 g/mol. The number of aryl methyl sites for hydroxylation is 1. The summed E-state index contributed by atoms with van der Waals surface area (Å²) < 4.78 is 2.17. The Balaban J connectivity index is 1.72. The molecule has 18 heavy (non-hydrogen) atoms. The lowest BCUT2D eigenvalue weighted by atomic mass is 10.2. The van der Waals surface area contributed by atoms with Gasteiger partial charge in [-0.15, -0.1) is 0 Å². The van der Waals surface area contributed by atoms with Crippen molar-refractivity contribution in [3.8, 4) is 0 Å². The molecule has 1 N–H and O–H groups in total. The smallest absolute Gasteiger partial charge is 0.125 e. The Kier molecular flexibility index (Phi) is 3.30. The second kappa shape index (κ2) is 5.08. The molecule has 0 aliphatic carbocycles. The minimum Gasteiger partial charge on any atom is -0.330 e. The SMILES string of the molecule is Cn1c(CNN2CCCCC2)nc2ccccc21. The summed E-state index contributed by atoms with van der Waals surface area (Å²) in [6.45, 7) is 3.12. The van der Waals surface area contributed by atoms with E-state index in [0.29, 0.717) is 0 Å². The van der Waals surface area contributed by atoms with E-state index in [1.807, 2.05) is 6.07 Å². The number of rotatable bonds is 3. The van der Waals surface area contributed by atoms with Gasteiger partial charge in [0.15, 0.2) is 0 Å². The molecule has 0 spiro atoms. The Bertz CT molecular complexity index is 526. The van der Waals surface area contributed by atoms with Gasteiger partial charge in [0.25, 0.3) is 0 Å². The molecule has 3 rings (SSSR count). The quantitative estimate of drug-likeness (QED) is 0.897. The maximum atomic E-state index is 4.67. The number of imidazole rings is 1. The van der Waals surface area contributed by atoms with Crippen molar-refractivity contribution < 1.29 is 0 Å². The highest BCUT2D eigenvalue weighted by Gasteiger charge is 2.11. The highest BCUT2D eigenvalue weighted by molar-refractivity contribution is 5.75. The zero-order chi connectivity index (χ0) is 12.4. The molecule has 4 nitrogen and oxygen atoms in total. The number of aromatic nitrogens is 2. The minimum atomic E-state index is 0.811. The molecular weight excluding hydrogens is 224 g/mol. The molecule has 1 aromatic carbocycles. The van der Waals surface area contributed by atoms with Crippen LogP contribution in [0, 0.1) is 0 Å². The van der Waals surface area contributed by atoms with Crippen LogP contribution < -0.4 is 5.43 Å². The summed E-state index contributed by atoms with van der Waals surface area (Å²) >= 11 is 0. The maximum Gasteiger partial charge on any atom is 0.125 e. The van der Waals surface area contributed by atoms with E-state index in [0.717, 1.165) is 31.0 Å². The van der Waals surface area contributed by atoms with Crippen LogP contribution in [0.5, 0.6) is 0 Å². The molecule has 2 aromatic rings. The fraction of sp³-hybridized carbons (Fsp3) is 0.500. The molecule has 0 amide bonds. The van der Waals surface area contributed by atoms with E-state index in [9.17, 15) is 0 Å². The van der Waals surface area contributed by atoms with E-state index < -0.39 is 0 Å². The molecule has 2 heterocycles. The largest absolute Gasteiger partial charge is 0.330 e. The highest BCUT2D eigenvalue weighted by atomic mass is 15.5. The van der Waals surface area contributed by atoms with E-state index in [1.54, 1.807) is 0 Å². The third-order valence-corrected chi connectivity index (χ3v) is 3.70. The number of para-hydroxylation sites is 2. The number of fused-ring (bicyclic) bond motifs is 1. The first kappa shape index (κ1) is 11.7. The van der Waals surface area contributed by atoms with Crippen molar-refractivity contribution >= 4 is 11.0 Å². The van der Waals surface area contributed by atoms with Crippen LogP contribution in [0.15, 0.2) is 24.3 Å². The van der Waals surface area contributed by atoms with Crippen molar-refractivity contribution in [1.29, 1.82) is 0 Å². The van der Waals surface area contributed by atoms with Gasteiger partial charge >= 0.3 is 0 Å². The third kappa shape index (κ3) is 2.26. The van der Waals surface area contributed by atoms with E-state index in [4.69, 9.17) is 0 Å². The first-order valence-corrected chi connectivity index (χ1v) is 6.73. The Morgan fingerprint density at radius 1 is 1.17 bits per heavy atom. The molecule has 0 atom stereocenters. The molecule has 0 bridgehead atoms. The van der Waals surface area contributed by atoms with Gasteiger partial charge in [0, 0.05) is 20.1 Å². The van der Waals surface area contributed by atoms with Crippen LogP contribution in [-0.4, -0.2) is 27.6 Å². The van der Waals surface area contributed by atoms with Crippen molar-refractivity contribution in [1.82, 2.24) is 20.0 Å². The average molecular weight is 244 g/mol.